The molecule has 2 aromatic carbocycles. The predicted octanol–water partition coefficient (Wildman–Crippen LogP) is 3.13. The summed E-state index contributed by atoms with van der Waals surface area (Å²) in [7, 11) is 1.57. The third-order valence-electron chi connectivity index (χ3n) is 6.26. The van der Waals surface area contributed by atoms with E-state index in [0.29, 0.717) is 12.8 Å². The Morgan fingerprint density at radius 2 is 1.70 bits per heavy atom. The second-order valence-electron chi connectivity index (χ2n) is 8.32. The number of carbonyl (C=O) groups excluding carboxylic acids is 2. The minimum Gasteiger partial charge on any atom is -0.480 e. The van der Waals surface area contributed by atoms with Crippen LogP contribution < -0.4 is 10.6 Å². The van der Waals surface area contributed by atoms with Crippen LogP contribution in [0, 0.1) is 0 Å². The summed E-state index contributed by atoms with van der Waals surface area (Å²) in [5.74, 6) is -1.66. The molecule has 9 heteroatoms. The van der Waals surface area contributed by atoms with E-state index in [9.17, 15) is 19.5 Å². The molecule has 0 saturated heterocycles. The number of hydrogen-bond acceptors (Lipinski definition) is 5. The molecular formula is C24H22N4O5. The summed E-state index contributed by atoms with van der Waals surface area (Å²) in [4.78, 5) is 36.6. The summed E-state index contributed by atoms with van der Waals surface area (Å²) < 4.78 is 6.87. The third kappa shape index (κ3) is 3.61. The zero-order valence-electron chi connectivity index (χ0n) is 17.9. The molecule has 1 fully saturated rings. The highest BCUT2D eigenvalue weighted by Crippen LogP contribution is 2.44. The van der Waals surface area contributed by atoms with E-state index in [0.717, 1.165) is 22.3 Å². The number of amides is 2. The maximum Gasteiger partial charge on any atom is 0.412 e. The Morgan fingerprint density at radius 1 is 1.09 bits per heavy atom. The van der Waals surface area contributed by atoms with Crippen molar-refractivity contribution >= 4 is 23.8 Å². The molecule has 0 radical (unpaired) electrons. The van der Waals surface area contributed by atoms with Crippen LogP contribution in [0.25, 0.3) is 11.1 Å². The lowest BCUT2D eigenvalue weighted by Gasteiger charge is -2.16. The van der Waals surface area contributed by atoms with Gasteiger partial charge in [-0.15, -0.1) is 0 Å². The number of carboxylic acid groups (broad SMARTS) is 1. The molecule has 168 valence electrons. The fourth-order valence-electron chi connectivity index (χ4n) is 4.29. The second kappa shape index (κ2) is 7.77. The lowest BCUT2D eigenvalue weighted by Crippen LogP contribution is -2.43. The molecule has 2 amide bonds. The summed E-state index contributed by atoms with van der Waals surface area (Å²) in [6.45, 7) is 0.126. The Kier molecular flexibility index (Phi) is 4.88. The quantitative estimate of drug-likeness (QED) is 0.535. The lowest BCUT2D eigenvalue weighted by atomic mass is 9.98. The van der Waals surface area contributed by atoms with Crippen LogP contribution in [0.15, 0.2) is 54.7 Å². The number of carbonyl (C=O) groups is 3. The molecule has 33 heavy (non-hydrogen) atoms. The minimum atomic E-state index is -1.24. The first-order chi connectivity index (χ1) is 15.9. The highest BCUT2D eigenvalue weighted by molar-refractivity contribution is 6.04. The Hall–Kier alpha value is -4.14. The van der Waals surface area contributed by atoms with Crippen molar-refractivity contribution in [3.63, 3.8) is 0 Å². The SMILES string of the molecule is Cn1ncc(C(=O)NC2(C(=O)O)CC2)c1NC(=O)OCC1c2ccccc2-c2ccccc21. The van der Waals surface area contributed by atoms with Crippen molar-refractivity contribution in [2.45, 2.75) is 24.3 Å². The van der Waals surface area contributed by atoms with E-state index in [1.165, 1.54) is 10.9 Å². The number of fused-ring (bicyclic) bond motifs is 3. The van der Waals surface area contributed by atoms with Crippen molar-refractivity contribution in [3.8, 4) is 11.1 Å². The third-order valence-corrected chi connectivity index (χ3v) is 6.26. The molecular weight excluding hydrogens is 424 g/mol. The van der Waals surface area contributed by atoms with Gasteiger partial charge in [-0.05, 0) is 35.1 Å². The Labute approximate surface area is 189 Å². The number of nitrogens with one attached hydrogen (secondary N) is 2. The number of nitrogens with zero attached hydrogens (tertiary/aromatic N) is 2. The predicted molar refractivity (Wildman–Crippen MR) is 119 cm³/mol. The van der Waals surface area contributed by atoms with Crippen LogP contribution in [-0.4, -0.2) is 45.0 Å². The Balaban J connectivity index is 1.29. The molecule has 9 nitrogen and oxygen atoms in total. The molecule has 2 aliphatic rings. The van der Waals surface area contributed by atoms with Gasteiger partial charge in [0.15, 0.2) is 0 Å². The minimum absolute atomic E-state index is 0.0681. The molecule has 2 aliphatic carbocycles. The van der Waals surface area contributed by atoms with E-state index in [1.807, 2.05) is 36.4 Å². The number of anilines is 1. The maximum absolute atomic E-state index is 12.6. The molecule has 1 saturated carbocycles. The molecule has 0 atom stereocenters. The van der Waals surface area contributed by atoms with Gasteiger partial charge in [0.2, 0.25) is 0 Å². The lowest BCUT2D eigenvalue weighted by molar-refractivity contribution is -0.140. The van der Waals surface area contributed by atoms with Gasteiger partial charge in [0.1, 0.15) is 23.5 Å². The average molecular weight is 446 g/mol. The van der Waals surface area contributed by atoms with E-state index in [1.54, 1.807) is 7.05 Å². The van der Waals surface area contributed by atoms with Crippen LogP contribution in [0.5, 0.6) is 0 Å². The highest BCUT2D eigenvalue weighted by Gasteiger charge is 2.52. The van der Waals surface area contributed by atoms with Gasteiger partial charge in [-0.2, -0.15) is 5.10 Å². The van der Waals surface area contributed by atoms with Crippen molar-refractivity contribution < 1.29 is 24.2 Å². The van der Waals surface area contributed by atoms with Crippen LogP contribution in [0.1, 0.15) is 40.2 Å². The van der Waals surface area contributed by atoms with Crippen molar-refractivity contribution in [2.24, 2.45) is 7.05 Å². The first-order valence-electron chi connectivity index (χ1n) is 10.6. The van der Waals surface area contributed by atoms with Crippen molar-refractivity contribution in [1.82, 2.24) is 15.1 Å². The number of aromatic nitrogens is 2. The Morgan fingerprint density at radius 3 is 2.27 bits per heavy atom. The van der Waals surface area contributed by atoms with E-state index in [4.69, 9.17) is 4.74 Å². The van der Waals surface area contributed by atoms with Gasteiger partial charge in [0.05, 0.1) is 6.20 Å². The monoisotopic (exact) mass is 446 g/mol. The fourth-order valence-corrected chi connectivity index (χ4v) is 4.29. The second-order valence-corrected chi connectivity index (χ2v) is 8.32. The first-order valence-corrected chi connectivity index (χ1v) is 10.6. The summed E-state index contributed by atoms with van der Waals surface area (Å²) in [5, 5.41) is 18.4. The van der Waals surface area contributed by atoms with Crippen molar-refractivity contribution in [2.75, 3.05) is 11.9 Å². The molecule has 0 spiro atoms. The topological polar surface area (TPSA) is 123 Å². The summed E-state index contributed by atoms with van der Waals surface area (Å²) in [6.07, 6.45) is 1.29. The average Bonchev–Trinajstić information content (AvgIpc) is 3.41. The number of ether oxygens (including phenoxy) is 1. The number of rotatable bonds is 6. The molecule has 0 unspecified atom stereocenters. The molecule has 1 aromatic heterocycles. The van der Waals surface area contributed by atoms with Gasteiger partial charge in [0, 0.05) is 13.0 Å². The van der Waals surface area contributed by atoms with Gasteiger partial charge >= 0.3 is 12.1 Å². The van der Waals surface area contributed by atoms with Crippen LogP contribution in [0.2, 0.25) is 0 Å². The summed E-state index contributed by atoms with van der Waals surface area (Å²) >= 11 is 0. The van der Waals surface area contributed by atoms with Crippen LogP contribution in [0.4, 0.5) is 10.6 Å². The fraction of sp³-hybridized carbons (Fsp3) is 0.250. The molecule has 5 rings (SSSR count). The summed E-state index contributed by atoms with van der Waals surface area (Å²) in [6, 6.07) is 16.1. The highest BCUT2D eigenvalue weighted by atomic mass is 16.5. The molecule has 0 bridgehead atoms. The van der Waals surface area contributed by atoms with Crippen molar-refractivity contribution in [1.29, 1.82) is 0 Å². The van der Waals surface area contributed by atoms with E-state index >= 15 is 0 Å². The first kappa shape index (κ1) is 20.7. The zero-order chi connectivity index (χ0) is 23.2. The van der Waals surface area contributed by atoms with Gasteiger partial charge in [0.25, 0.3) is 5.91 Å². The standard InChI is InChI=1S/C24H22N4O5/c1-28-20(18(12-25-28)21(29)27-24(10-11-24)22(30)31)26-23(32)33-13-19-16-8-4-2-6-14(16)15-7-3-5-9-17(15)19/h2-9,12,19H,10-11,13H2,1H3,(H,26,32)(H,27,29)(H,30,31). The van der Waals surface area contributed by atoms with Gasteiger partial charge in [-0.3, -0.25) is 14.8 Å². The van der Waals surface area contributed by atoms with Gasteiger partial charge in [-0.1, -0.05) is 48.5 Å². The van der Waals surface area contributed by atoms with Crippen LogP contribution >= 0.6 is 0 Å². The number of benzene rings is 2. The van der Waals surface area contributed by atoms with E-state index in [2.05, 4.69) is 27.9 Å². The van der Waals surface area contributed by atoms with E-state index < -0.39 is 23.5 Å². The van der Waals surface area contributed by atoms with Crippen LogP contribution in [-0.2, 0) is 16.6 Å². The van der Waals surface area contributed by atoms with Crippen molar-refractivity contribution in [3.05, 3.63) is 71.4 Å². The molecule has 3 aromatic rings. The molecule has 3 N–H and O–H groups in total. The zero-order valence-corrected chi connectivity index (χ0v) is 17.9. The number of aryl methyl sites for hydroxylation is 1. The normalized spacial score (nSPS) is 15.3. The molecule has 0 aliphatic heterocycles. The maximum atomic E-state index is 12.6. The Bertz CT molecular complexity index is 1230. The van der Waals surface area contributed by atoms with E-state index in [-0.39, 0.29) is 23.9 Å². The number of hydrogen-bond donors (Lipinski definition) is 3. The van der Waals surface area contributed by atoms with Gasteiger partial charge < -0.3 is 15.2 Å². The summed E-state index contributed by atoms with van der Waals surface area (Å²) in [5.41, 5.74) is 3.26. The number of carboxylic acids is 1. The molecule has 1 heterocycles. The van der Waals surface area contributed by atoms with Crippen LogP contribution in [0.3, 0.4) is 0 Å². The largest absolute Gasteiger partial charge is 0.480 e. The van der Waals surface area contributed by atoms with Gasteiger partial charge in [-0.25, -0.2) is 9.59 Å². The smallest absolute Gasteiger partial charge is 0.412 e. The number of aliphatic carboxylic acids is 1.